The van der Waals surface area contributed by atoms with Gasteiger partial charge in [0.25, 0.3) is 0 Å². The SMILES string of the molecule is CCCNCCc1c(C)nn(-c2ccc(C)nn2)c1C. The minimum Gasteiger partial charge on any atom is -0.316 e. The van der Waals surface area contributed by atoms with Gasteiger partial charge in [-0.05, 0) is 64.4 Å². The highest BCUT2D eigenvalue weighted by atomic mass is 15.3. The van der Waals surface area contributed by atoms with Crippen LogP contribution in [0.3, 0.4) is 0 Å². The lowest BCUT2D eigenvalue weighted by molar-refractivity contribution is 0.669. The van der Waals surface area contributed by atoms with Crippen molar-refractivity contribution in [1.82, 2.24) is 25.3 Å². The Kier molecular flexibility index (Phi) is 4.84. The van der Waals surface area contributed by atoms with Crippen LogP contribution >= 0.6 is 0 Å². The Morgan fingerprint density at radius 3 is 2.55 bits per heavy atom. The topological polar surface area (TPSA) is 55.6 Å². The van der Waals surface area contributed by atoms with Crippen LogP contribution < -0.4 is 5.32 Å². The van der Waals surface area contributed by atoms with Crippen molar-refractivity contribution in [3.05, 3.63) is 34.8 Å². The molecule has 0 spiro atoms. The van der Waals surface area contributed by atoms with Crippen LogP contribution in [0.15, 0.2) is 12.1 Å². The molecule has 1 N–H and O–H groups in total. The van der Waals surface area contributed by atoms with Gasteiger partial charge in [-0.25, -0.2) is 4.68 Å². The Bertz CT molecular complexity index is 556. The Labute approximate surface area is 120 Å². The van der Waals surface area contributed by atoms with Gasteiger partial charge in [0.15, 0.2) is 5.82 Å². The Morgan fingerprint density at radius 1 is 1.10 bits per heavy atom. The lowest BCUT2D eigenvalue weighted by Crippen LogP contribution is -2.18. The summed E-state index contributed by atoms with van der Waals surface area (Å²) >= 11 is 0. The van der Waals surface area contributed by atoms with Gasteiger partial charge in [-0.1, -0.05) is 6.92 Å². The van der Waals surface area contributed by atoms with Gasteiger partial charge in [0.05, 0.1) is 11.4 Å². The Hall–Kier alpha value is -1.75. The van der Waals surface area contributed by atoms with E-state index in [1.807, 2.05) is 23.7 Å². The molecule has 2 heterocycles. The lowest BCUT2D eigenvalue weighted by Gasteiger charge is -2.05. The average Bonchev–Trinajstić information content (AvgIpc) is 2.72. The van der Waals surface area contributed by atoms with E-state index in [1.165, 1.54) is 5.56 Å². The summed E-state index contributed by atoms with van der Waals surface area (Å²) in [5.41, 5.74) is 4.44. The maximum atomic E-state index is 4.60. The average molecular weight is 273 g/mol. The quantitative estimate of drug-likeness (QED) is 0.819. The van der Waals surface area contributed by atoms with Crippen molar-refractivity contribution in [3.63, 3.8) is 0 Å². The van der Waals surface area contributed by atoms with Gasteiger partial charge in [0.1, 0.15) is 0 Å². The van der Waals surface area contributed by atoms with Crippen LogP contribution in [0.25, 0.3) is 5.82 Å². The molecule has 0 amide bonds. The molecule has 108 valence electrons. The molecule has 5 nitrogen and oxygen atoms in total. The maximum absolute atomic E-state index is 4.60. The molecule has 2 rings (SSSR count). The third kappa shape index (κ3) is 3.22. The van der Waals surface area contributed by atoms with Crippen LogP contribution in [-0.4, -0.2) is 33.1 Å². The molecule has 0 aliphatic carbocycles. The molecule has 0 saturated heterocycles. The molecule has 0 aromatic carbocycles. The highest BCUT2D eigenvalue weighted by molar-refractivity contribution is 5.32. The van der Waals surface area contributed by atoms with Gasteiger partial charge in [0, 0.05) is 5.69 Å². The first-order valence-corrected chi connectivity index (χ1v) is 7.20. The number of nitrogens with one attached hydrogen (secondary N) is 1. The molecule has 0 fully saturated rings. The van der Waals surface area contributed by atoms with Crippen LogP contribution in [0.5, 0.6) is 0 Å². The number of rotatable bonds is 6. The van der Waals surface area contributed by atoms with E-state index in [1.54, 1.807) is 0 Å². The van der Waals surface area contributed by atoms with Crippen molar-refractivity contribution in [2.24, 2.45) is 0 Å². The molecule has 0 saturated carbocycles. The first-order chi connectivity index (χ1) is 9.63. The van der Waals surface area contributed by atoms with Crippen LogP contribution in [0.2, 0.25) is 0 Å². The second kappa shape index (κ2) is 6.61. The highest BCUT2D eigenvalue weighted by Crippen LogP contribution is 2.16. The summed E-state index contributed by atoms with van der Waals surface area (Å²) in [6, 6.07) is 3.92. The predicted molar refractivity (Wildman–Crippen MR) is 80.2 cm³/mol. The van der Waals surface area contributed by atoms with E-state index in [2.05, 4.69) is 41.4 Å². The lowest BCUT2D eigenvalue weighted by atomic mass is 10.1. The fraction of sp³-hybridized carbons (Fsp3) is 0.533. The van der Waals surface area contributed by atoms with Gasteiger partial charge in [-0.3, -0.25) is 0 Å². The minimum atomic E-state index is 0.781. The van der Waals surface area contributed by atoms with Crippen molar-refractivity contribution in [2.75, 3.05) is 13.1 Å². The monoisotopic (exact) mass is 273 g/mol. The van der Waals surface area contributed by atoms with Crippen molar-refractivity contribution < 1.29 is 0 Å². The molecule has 2 aromatic rings. The summed E-state index contributed by atoms with van der Waals surface area (Å²) < 4.78 is 1.89. The third-order valence-electron chi connectivity index (χ3n) is 3.42. The molecular weight excluding hydrogens is 250 g/mol. The second-order valence-electron chi connectivity index (χ2n) is 5.09. The standard InChI is InChI=1S/C15H23N5/c1-5-9-16-10-8-14-12(3)19-20(13(14)4)15-7-6-11(2)17-18-15/h6-7,16H,5,8-10H2,1-4H3. The summed E-state index contributed by atoms with van der Waals surface area (Å²) in [6.45, 7) is 10.3. The largest absolute Gasteiger partial charge is 0.316 e. The zero-order valence-electron chi connectivity index (χ0n) is 12.8. The molecule has 0 atom stereocenters. The maximum Gasteiger partial charge on any atom is 0.175 e. The normalized spacial score (nSPS) is 11.0. The second-order valence-corrected chi connectivity index (χ2v) is 5.09. The summed E-state index contributed by atoms with van der Waals surface area (Å²) in [5, 5.41) is 16.3. The number of hydrogen-bond acceptors (Lipinski definition) is 4. The zero-order chi connectivity index (χ0) is 14.5. The molecule has 2 aromatic heterocycles. The number of nitrogens with zero attached hydrogens (tertiary/aromatic N) is 4. The Morgan fingerprint density at radius 2 is 1.90 bits per heavy atom. The van der Waals surface area contributed by atoms with Gasteiger partial charge in [0.2, 0.25) is 0 Å². The Balaban J connectivity index is 2.17. The molecule has 0 bridgehead atoms. The molecule has 20 heavy (non-hydrogen) atoms. The van der Waals surface area contributed by atoms with Crippen LogP contribution in [0.1, 0.15) is 36.0 Å². The highest BCUT2D eigenvalue weighted by Gasteiger charge is 2.13. The molecule has 5 heteroatoms. The van der Waals surface area contributed by atoms with Crippen LogP contribution in [0.4, 0.5) is 0 Å². The van der Waals surface area contributed by atoms with Crippen LogP contribution in [0, 0.1) is 20.8 Å². The smallest absolute Gasteiger partial charge is 0.175 e. The molecule has 0 aliphatic heterocycles. The number of aryl methyl sites for hydroxylation is 2. The number of aromatic nitrogens is 4. The third-order valence-corrected chi connectivity index (χ3v) is 3.42. The van der Waals surface area contributed by atoms with Gasteiger partial charge in [-0.2, -0.15) is 10.2 Å². The van der Waals surface area contributed by atoms with Crippen molar-refractivity contribution in [3.8, 4) is 5.82 Å². The van der Waals surface area contributed by atoms with E-state index in [-0.39, 0.29) is 0 Å². The fourth-order valence-electron chi connectivity index (χ4n) is 2.28. The summed E-state index contributed by atoms with van der Waals surface area (Å²) in [4.78, 5) is 0. The first kappa shape index (κ1) is 14.7. The summed E-state index contributed by atoms with van der Waals surface area (Å²) in [7, 11) is 0. The zero-order valence-corrected chi connectivity index (χ0v) is 12.8. The predicted octanol–water partition coefficient (Wildman–Crippen LogP) is 2.13. The van der Waals surface area contributed by atoms with Crippen molar-refractivity contribution in [1.29, 1.82) is 0 Å². The van der Waals surface area contributed by atoms with E-state index in [9.17, 15) is 0 Å². The molecule has 0 radical (unpaired) electrons. The molecule has 0 unspecified atom stereocenters. The van der Waals surface area contributed by atoms with Crippen molar-refractivity contribution >= 4 is 0 Å². The van der Waals surface area contributed by atoms with Gasteiger partial charge >= 0.3 is 0 Å². The fourth-order valence-corrected chi connectivity index (χ4v) is 2.28. The van der Waals surface area contributed by atoms with Crippen LogP contribution in [-0.2, 0) is 6.42 Å². The van der Waals surface area contributed by atoms with E-state index < -0.39 is 0 Å². The van der Waals surface area contributed by atoms with E-state index in [4.69, 9.17) is 0 Å². The summed E-state index contributed by atoms with van der Waals surface area (Å²) in [5.74, 6) is 0.781. The molecular formula is C15H23N5. The van der Waals surface area contributed by atoms with E-state index >= 15 is 0 Å². The van der Waals surface area contributed by atoms with Crippen molar-refractivity contribution in [2.45, 2.75) is 40.5 Å². The number of hydrogen-bond donors (Lipinski definition) is 1. The van der Waals surface area contributed by atoms with Gasteiger partial charge < -0.3 is 5.32 Å². The van der Waals surface area contributed by atoms with E-state index in [0.717, 1.165) is 48.8 Å². The summed E-state index contributed by atoms with van der Waals surface area (Å²) in [6.07, 6.45) is 2.16. The molecule has 0 aliphatic rings. The van der Waals surface area contributed by atoms with Gasteiger partial charge in [-0.15, -0.1) is 5.10 Å². The first-order valence-electron chi connectivity index (χ1n) is 7.20. The minimum absolute atomic E-state index is 0.781. The van der Waals surface area contributed by atoms with E-state index in [0.29, 0.717) is 0 Å².